The molecule has 2 aliphatic rings. The van der Waals surface area contributed by atoms with Gasteiger partial charge < -0.3 is 9.84 Å². The van der Waals surface area contributed by atoms with Crippen molar-refractivity contribution in [3.63, 3.8) is 0 Å². The van der Waals surface area contributed by atoms with E-state index in [1.54, 1.807) is 12.1 Å². The molecule has 0 N–H and O–H groups in total. The van der Waals surface area contributed by atoms with E-state index in [0.717, 1.165) is 10.7 Å². The number of Topliss-reactive ketones (excluding diaryl/α,β-unsaturated/α-hetero) is 1. The maximum absolute atomic E-state index is 12.7. The van der Waals surface area contributed by atoms with Crippen LogP contribution in [0.15, 0.2) is 64.5 Å². The summed E-state index contributed by atoms with van der Waals surface area (Å²) in [6.45, 7) is 6.65. The van der Waals surface area contributed by atoms with Gasteiger partial charge in [0.05, 0.1) is 6.08 Å². The smallest absolute Gasteiger partial charge is 0.382 e. The third-order valence-corrected chi connectivity index (χ3v) is 4.83. The number of ether oxygens (including phenoxy) is 1. The van der Waals surface area contributed by atoms with E-state index < -0.39 is 34.9 Å². The summed E-state index contributed by atoms with van der Waals surface area (Å²) in [7, 11) is 0. The van der Waals surface area contributed by atoms with Gasteiger partial charge in [-0.25, -0.2) is 4.79 Å². The predicted octanol–water partition coefficient (Wildman–Crippen LogP) is -0.293. The fourth-order valence-corrected chi connectivity index (χ4v) is 3.49. The van der Waals surface area contributed by atoms with Crippen LogP contribution in [0.25, 0.3) is 17.9 Å². The summed E-state index contributed by atoms with van der Waals surface area (Å²) in [4.78, 5) is 49.9. The van der Waals surface area contributed by atoms with Gasteiger partial charge in [-0.1, -0.05) is 55.3 Å². The Morgan fingerprint density at radius 3 is 2.10 bits per heavy atom. The molecule has 2 aromatic rings. The summed E-state index contributed by atoms with van der Waals surface area (Å²) >= 11 is 0. The summed E-state index contributed by atoms with van der Waals surface area (Å²) in [5.41, 5.74) is -0.877. The lowest BCUT2D eigenvalue weighted by molar-refractivity contribution is -0.244. The molecule has 0 aromatic heterocycles. The third-order valence-electron chi connectivity index (χ3n) is 4.83. The van der Waals surface area contributed by atoms with Gasteiger partial charge in [-0.05, 0) is 5.56 Å². The molecule has 1 aliphatic heterocycles. The van der Waals surface area contributed by atoms with Crippen molar-refractivity contribution in [1.29, 1.82) is 0 Å². The summed E-state index contributed by atoms with van der Waals surface area (Å²) in [6.07, 6.45) is 3.58. The molecule has 1 aliphatic carbocycles. The maximum atomic E-state index is 12.7. The van der Waals surface area contributed by atoms with Crippen LogP contribution in [0, 0.1) is 0 Å². The second kappa shape index (κ2) is 6.49. The molecule has 4 rings (SSSR count). The molecule has 0 unspecified atom stereocenters. The molecule has 7 nitrogen and oxygen atoms in total. The summed E-state index contributed by atoms with van der Waals surface area (Å²) in [6, 6.07) is 6.31. The van der Waals surface area contributed by atoms with Gasteiger partial charge in [-0.3, -0.25) is 14.4 Å². The van der Waals surface area contributed by atoms with Gasteiger partial charge in [0.25, 0.3) is 10.9 Å². The van der Waals surface area contributed by atoms with Crippen molar-refractivity contribution < 1.29 is 19.4 Å². The molecule has 29 heavy (non-hydrogen) atoms. The Morgan fingerprint density at radius 1 is 0.966 bits per heavy atom. The first-order chi connectivity index (χ1) is 13.9. The first kappa shape index (κ1) is 18.2. The zero-order valence-electron chi connectivity index (χ0n) is 15.1. The Bertz CT molecular complexity index is 1320. The molecule has 1 fully saturated rings. The SMILES string of the molecule is C=Cc1c(C=C)c(=O)c(=[N+]2CC(=O)OC2=CC2=C([O-])c3ccccc3C2=O)c1=O. The number of rotatable bonds is 3. The monoisotopic (exact) mass is 387 g/mol. The van der Waals surface area contributed by atoms with Crippen LogP contribution in [0.3, 0.4) is 0 Å². The van der Waals surface area contributed by atoms with E-state index in [9.17, 15) is 24.3 Å². The molecule has 0 amide bonds. The number of hydrogen-bond donors (Lipinski definition) is 0. The number of benzene rings is 1. The van der Waals surface area contributed by atoms with Crippen molar-refractivity contribution in [3.05, 3.63) is 103 Å². The first-order valence-corrected chi connectivity index (χ1v) is 8.59. The van der Waals surface area contributed by atoms with Crippen molar-refractivity contribution in [3.8, 4) is 0 Å². The molecule has 7 heteroatoms. The van der Waals surface area contributed by atoms with Gasteiger partial charge in [-0.2, -0.15) is 0 Å². The molecule has 142 valence electrons. The normalized spacial score (nSPS) is 17.1. The van der Waals surface area contributed by atoms with Gasteiger partial charge in [0.15, 0.2) is 5.78 Å². The molecule has 0 spiro atoms. The fourth-order valence-electron chi connectivity index (χ4n) is 3.49. The maximum Gasteiger partial charge on any atom is 0.382 e. The molecule has 1 saturated heterocycles. The molecule has 2 aromatic carbocycles. The quantitative estimate of drug-likeness (QED) is 0.530. The number of hydrogen-bond acceptors (Lipinski definition) is 6. The van der Waals surface area contributed by atoms with Gasteiger partial charge in [0.2, 0.25) is 6.54 Å². The Kier molecular flexibility index (Phi) is 4.08. The van der Waals surface area contributed by atoms with Crippen LogP contribution >= 0.6 is 0 Å². The van der Waals surface area contributed by atoms with E-state index >= 15 is 0 Å². The number of carbonyl (C=O) groups is 2. The Hall–Kier alpha value is -4.13. The van der Waals surface area contributed by atoms with Crippen LogP contribution in [0.2, 0.25) is 0 Å². The Balaban J connectivity index is 1.99. The van der Waals surface area contributed by atoms with Crippen LogP contribution in [-0.4, -0.2) is 18.3 Å². The zero-order chi connectivity index (χ0) is 20.9. The molecule has 0 atom stereocenters. The zero-order valence-corrected chi connectivity index (χ0v) is 15.1. The fraction of sp³-hybridized carbons (Fsp3) is 0.0455. The molecule has 0 bridgehead atoms. The molecule has 0 radical (unpaired) electrons. The lowest BCUT2D eigenvalue weighted by Gasteiger charge is -2.08. The van der Waals surface area contributed by atoms with Crippen LogP contribution in [0.5, 0.6) is 0 Å². The van der Waals surface area contributed by atoms with Crippen LogP contribution in [0.1, 0.15) is 27.0 Å². The van der Waals surface area contributed by atoms with E-state index in [0.29, 0.717) is 0 Å². The predicted molar refractivity (Wildman–Crippen MR) is 104 cm³/mol. The number of esters is 1. The van der Waals surface area contributed by atoms with Gasteiger partial charge in [0.1, 0.15) is 0 Å². The van der Waals surface area contributed by atoms with Gasteiger partial charge in [0, 0.05) is 22.3 Å². The molecular weight excluding hydrogens is 374 g/mol. The van der Waals surface area contributed by atoms with Crippen molar-refractivity contribution in [2.24, 2.45) is 0 Å². The highest BCUT2D eigenvalue weighted by Gasteiger charge is 2.37. The minimum absolute atomic E-state index is 0.0618. The van der Waals surface area contributed by atoms with Crippen molar-refractivity contribution in [2.75, 3.05) is 6.54 Å². The largest absolute Gasteiger partial charge is 0.872 e. The van der Waals surface area contributed by atoms with Crippen molar-refractivity contribution in [2.45, 2.75) is 0 Å². The topological polar surface area (TPSA) is 104 Å². The van der Waals surface area contributed by atoms with E-state index in [2.05, 4.69) is 13.2 Å². The number of allylic oxidation sites excluding steroid dienone is 2. The number of carbonyl (C=O) groups excluding carboxylic acids is 2. The average molecular weight is 387 g/mol. The highest BCUT2D eigenvalue weighted by molar-refractivity contribution is 6.21. The number of fused-ring (bicyclic) bond motifs is 1. The van der Waals surface area contributed by atoms with Crippen molar-refractivity contribution in [1.82, 2.24) is 4.58 Å². The highest BCUT2D eigenvalue weighted by atomic mass is 16.6. The Morgan fingerprint density at radius 2 is 1.55 bits per heavy atom. The van der Waals surface area contributed by atoms with E-state index in [1.165, 1.54) is 24.3 Å². The lowest BCUT2D eigenvalue weighted by atomic mass is 10.1. The number of ketones is 1. The van der Waals surface area contributed by atoms with Crippen LogP contribution in [-0.2, 0) is 9.53 Å². The van der Waals surface area contributed by atoms with Crippen molar-refractivity contribution >= 4 is 29.7 Å². The second-order valence-electron chi connectivity index (χ2n) is 6.40. The van der Waals surface area contributed by atoms with E-state index in [4.69, 9.17) is 4.74 Å². The summed E-state index contributed by atoms with van der Waals surface area (Å²) < 4.78 is 6.18. The number of cyclic esters (lactones) is 1. The second-order valence-corrected chi connectivity index (χ2v) is 6.40. The first-order valence-electron chi connectivity index (χ1n) is 8.59. The molecule has 0 saturated carbocycles. The third kappa shape index (κ3) is 2.55. The van der Waals surface area contributed by atoms with E-state index in [1.807, 2.05) is 0 Å². The van der Waals surface area contributed by atoms with Gasteiger partial charge in [-0.15, -0.1) is 4.58 Å². The van der Waals surface area contributed by atoms with Crippen LogP contribution in [0.4, 0.5) is 0 Å². The van der Waals surface area contributed by atoms with Crippen LogP contribution < -0.4 is 25.9 Å². The minimum atomic E-state index is -0.729. The standard InChI is InChI=1S/C22H13NO6/c1-3-11-12(4-2)22(28)18(21(11)27)23-10-17(24)29-16(23)9-15-19(25)13-7-5-6-8-14(13)20(15)26/h3-9H,1-2,10H2. The van der Waals surface area contributed by atoms with Gasteiger partial charge >= 0.3 is 17.2 Å². The van der Waals surface area contributed by atoms with E-state index in [-0.39, 0.29) is 39.1 Å². The Labute approximate surface area is 163 Å². The summed E-state index contributed by atoms with van der Waals surface area (Å²) in [5.74, 6) is -2.00. The summed E-state index contributed by atoms with van der Waals surface area (Å²) in [5, 5.41) is 12.3. The highest BCUT2D eigenvalue weighted by Crippen LogP contribution is 2.30. The molecular formula is C22H13NO6. The average Bonchev–Trinajstić information content (AvgIpc) is 3.27. The minimum Gasteiger partial charge on any atom is -0.872 e. The lowest BCUT2D eigenvalue weighted by Crippen LogP contribution is -2.44. The number of nitrogens with zero attached hydrogens (tertiary/aromatic N) is 1. The molecule has 1 heterocycles.